The average molecular weight is 1080 g/mol. The molecular weight excluding hydrogens is 952 g/mol. The number of nitrogens with zero attached hydrogens (tertiary/aromatic N) is 1. The first kappa shape index (κ1) is 73.5. The van der Waals surface area contributed by atoms with Gasteiger partial charge in [0, 0.05) is 12.8 Å². The predicted molar refractivity (Wildman–Crippen MR) is 323 cm³/mol. The van der Waals surface area contributed by atoms with Gasteiger partial charge >= 0.3 is 13.8 Å². The van der Waals surface area contributed by atoms with Gasteiger partial charge in [0.15, 0.2) is 0 Å². The fourth-order valence-corrected chi connectivity index (χ4v) is 10.6. The largest absolute Gasteiger partial charge is 0.472 e. The molecule has 0 spiro atoms. The van der Waals surface area contributed by atoms with E-state index in [4.69, 9.17) is 13.8 Å². The molecule has 0 saturated carbocycles. The van der Waals surface area contributed by atoms with Gasteiger partial charge in [-0.1, -0.05) is 283 Å². The molecule has 3 atom stereocenters. The monoisotopic (exact) mass is 1080 g/mol. The van der Waals surface area contributed by atoms with Gasteiger partial charge in [-0.2, -0.15) is 0 Å². The van der Waals surface area contributed by atoms with Crippen LogP contribution in [0.3, 0.4) is 0 Å². The van der Waals surface area contributed by atoms with Crippen LogP contribution in [0.4, 0.5) is 0 Å². The molecule has 0 heterocycles. The second kappa shape index (κ2) is 55.8. The van der Waals surface area contributed by atoms with E-state index >= 15 is 0 Å². The first-order valence-corrected chi connectivity index (χ1v) is 34.2. The highest BCUT2D eigenvalue weighted by Gasteiger charge is 2.30. The lowest BCUT2D eigenvalue weighted by Gasteiger charge is -2.27. The Bertz CT molecular complexity index is 1340. The summed E-state index contributed by atoms with van der Waals surface area (Å²) in [5.74, 6) is -0.487. The number of amides is 1. The number of hydrogen-bond donors (Lipinski definition) is 2. The molecule has 0 radical (unpaired) electrons. The topological polar surface area (TPSA) is 111 Å². The molecule has 75 heavy (non-hydrogen) atoms. The van der Waals surface area contributed by atoms with E-state index in [9.17, 15) is 19.0 Å². The third kappa shape index (κ3) is 57.0. The number of carbonyl (C=O) groups is 2. The Hall–Kier alpha value is -1.51. The Morgan fingerprint density at radius 3 is 1.13 bits per heavy atom. The van der Waals surface area contributed by atoms with Crippen LogP contribution < -0.4 is 5.32 Å². The molecule has 3 unspecified atom stereocenters. The SMILES string of the molecule is CCCCCCCC/C=C/CCCCCCCCCCCCCC(=O)OC(/C=C/CCCCCCCCCCCC)C(COP(=O)(O)OCC[N+](C)(C)C)NC(=O)CCCCCCCCCCCCCCCCCC. The van der Waals surface area contributed by atoms with Crippen molar-refractivity contribution in [2.45, 2.75) is 341 Å². The summed E-state index contributed by atoms with van der Waals surface area (Å²) >= 11 is 0. The standard InChI is InChI=1S/C65H127N2O7P/c1-7-10-13-16-19-22-25-28-30-32-33-34-35-36-38-40-43-46-49-52-55-58-65(69)74-63(56-53-50-47-44-41-27-24-21-18-15-12-9-3)62(61-73-75(70,71)72-60-59-67(4,5)6)66-64(68)57-54-51-48-45-42-39-37-31-29-26-23-20-17-14-11-8-2/h28,30,53,56,62-63H,7-27,29,31-52,54-55,57-61H2,1-6H3,(H-,66,68,70,71)/p+1/b30-28+,56-53+. The molecular formula is C65H128N2O7P+. The predicted octanol–water partition coefficient (Wildman–Crippen LogP) is 20.1. The highest BCUT2D eigenvalue weighted by molar-refractivity contribution is 7.47. The van der Waals surface area contributed by atoms with Crippen LogP contribution in [0.1, 0.15) is 329 Å². The minimum absolute atomic E-state index is 0.0441. The maximum absolute atomic E-state index is 13.5. The van der Waals surface area contributed by atoms with Gasteiger partial charge in [-0.05, 0) is 57.4 Å². The maximum atomic E-state index is 13.5. The van der Waals surface area contributed by atoms with E-state index in [0.717, 1.165) is 57.8 Å². The Labute approximate surface area is 466 Å². The second-order valence-corrected chi connectivity index (χ2v) is 25.1. The van der Waals surface area contributed by atoms with Crippen molar-refractivity contribution in [3.8, 4) is 0 Å². The van der Waals surface area contributed by atoms with E-state index in [1.807, 2.05) is 33.3 Å². The van der Waals surface area contributed by atoms with Crippen LogP contribution in [0.15, 0.2) is 24.3 Å². The van der Waals surface area contributed by atoms with Gasteiger partial charge < -0.3 is 19.4 Å². The second-order valence-electron chi connectivity index (χ2n) is 23.6. The third-order valence-electron chi connectivity index (χ3n) is 14.9. The molecule has 0 aromatic heterocycles. The van der Waals surface area contributed by atoms with Gasteiger partial charge in [0.05, 0.1) is 33.8 Å². The minimum atomic E-state index is -4.44. The molecule has 0 bridgehead atoms. The summed E-state index contributed by atoms with van der Waals surface area (Å²) in [5.41, 5.74) is 0. The summed E-state index contributed by atoms with van der Waals surface area (Å²) in [6.07, 6.45) is 66.0. The summed E-state index contributed by atoms with van der Waals surface area (Å²) in [5, 5.41) is 3.07. The number of likely N-dealkylation sites (N-methyl/N-ethyl adjacent to an activating group) is 1. The highest BCUT2D eigenvalue weighted by Crippen LogP contribution is 2.43. The molecule has 1 amide bonds. The lowest BCUT2D eigenvalue weighted by atomic mass is 10.0. The van der Waals surface area contributed by atoms with E-state index in [-0.39, 0.29) is 25.1 Å². The maximum Gasteiger partial charge on any atom is 0.472 e. The van der Waals surface area contributed by atoms with Crippen molar-refractivity contribution < 1.29 is 37.3 Å². The van der Waals surface area contributed by atoms with Crippen LogP contribution in [0, 0.1) is 0 Å². The number of nitrogens with one attached hydrogen (secondary N) is 1. The van der Waals surface area contributed by atoms with Crippen molar-refractivity contribution in [3.05, 3.63) is 24.3 Å². The van der Waals surface area contributed by atoms with Gasteiger partial charge in [-0.25, -0.2) is 4.57 Å². The van der Waals surface area contributed by atoms with Crippen molar-refractivity contribution in [1.82, 2.24) is 5.32 Å². The Kier molecular flexibility index (Phi) is 54.7. The van der Waals surface area contributed by atoms with Crippen molar-refractivity contribution >= 4 is 19.7 Å². The number of phosphoric ester groups is 1. The van der Waals surface area contributed by atoms with E-state index in [1.165, 1.54) is 238 Å². The fraction of sp³-hybridized carbons (Fsp3) is 0.908. The quantitative estimate of drug-likeness (QED) is 0.0205. The van der Waals surface area contributed by atoms with Crippen LogP contribution in [0.5, 0.6) is 0 Å². The molecule has 0 aromatic rings. The number of carbonyl (C=O) groups excluding carboxylic acids is 2. The van der Waals surface area contributed by atoms with Gasteiger partial charge in [0.25, 0.3) is 0 Å². The molecule has 2 N–H and O–H groups in total. The zero-order valence-corrected chi connectivity index (χ0v) is 51.7. The van der Waals surface area contributed by atoms with E-state index in [0.29, 0.717) is 23.9 Å². The Morgan fingerprint density at radius 2 is 0.773 bits per heavy atom. The molecule has 9 nitrogen and oxygen atoms in total. The Balaban J connectivity index is 5.15. The zero-order chi connectivity index (χ0) is 55.0. The lowest BCUT2D eigenvalue weighted by Crippen LogP contribution is -2.47. The highest BCUT2D eigenvalue weighted by atomic mass is 31.2. The number of phosphoric acid groups is 1. The average Bonchev–Trinajstić information content (AvgIpc) is 3.37. The summed E-state index contributed by atoms with van der Waals surface area (Å²) in [7, 11) is 1.51. The number of allylic oxidation sites excluding steroid dienone is 3. The fourth-order valence-electron chi connectivity index (χ4n) is 9.82. The third-order valence-corrected chi connectivity index (χ3v) is 15.9. The summed E-state index contributed by atoms with van der Waals surface area (Å²) in [6.45, 7) is 7.06. The van der Waals surface area contributed by atoms with Crippen molar-refractivity contribution in [1.29, 1.82) is 0 Å². The number of quaternary nitrogens is 1. The zero-order valence-electron chi connectivity index (χ0n) is 50.8. The van der Waals surface area contributed by atoms with Gasteiger partial charge in [0.1, 0.15) is 19.3 Å². The van der Waals surface area contributed by atoms with Crippen LogP contribution in [-0.2, 0) is 27.9 Å². The number of hydrogen-bond acceptors (Lipinski definition) is 6. The molecule has 0 aromatic carbocycles. The normalized spacial score (nSPS) is 13.7. The van der Waals surface area contributed by atoms with Crippen molar-refractivity contribution in [2.24, 2.45) is 0 Å². The number of unbranched alkanes of at least 4 members (excludes halogenated alkanes) is 42. The van der Waals surface area contributed by atoms with E-state index in [1.54, 1.807) is 0 Å². The molecule has 10 heteroatoms. The van der Waals surface area contributed by atoms with Gasteiger partial charge in [0.2, 0.25) is 5.91 Å². The van der Waals surface area contributed by atoms with Crippen LogP contribution in [-0.4, -0.2) is 74.3 Å². The van der Waals surface area contributed by atoms with Crippen molar-refractivity contribution in [3.63, 3.8) is 0 Å². The molecule has 0 aliphatic rings. The molecule has 0 aliphatic carbocycles. The number of esters is 1. The molecule has 444 valence electrons. The van der Waals surface area contributed by atoms with Crippen LogP contribution in [0.25, 0.3) is 0 Å². The number of ether oxygens (including phenoxy) is 1. The first-order valence-electron chi connectivity index (χ1n) is 32.7. The van der Waals surface area contributed by atoms with Crippen LogP contribution in [0.2, 0.25) is 0 Å². The molecule has 0 aliphatic heterocycles. The summed E-state index contributed by atoms with van der Waals surface area (Å²) < 4.78 is 30.7. The van der Waals surface area contributed by atoms with Gasteiger partial charge in [-0.3, -0.25) is 18.6 Å². The van der Waals surface area contributed by atoms with Gasteiger partial charge in [-0.15, -0.1) is 0 Å². The summed E-state index contributed by atoms with van der Waals surface area (Å²) in [4.78, 5) is 37.7. The lowest BCUT2D eigenvalue weighted by molar-refractivity contribution is -0.870. The van der Waals surface area contributed by atoms with Crippen molar-refractivity contribution in [2.75, 3.05) is 40.9 Å². The molecule has 0 saturated heterocycles. The minimum Gasteiger partial charge on any atom is -0.456 e. The Morgan fingerprint density at radius 1 is 0.453 bits per heavy atom. The van der Waals surface area contributed by atoms with E-state index in [2.05, 4.69) is 38.2 Å². The number of rotatable bonds is 60. The smallest absolute Gasteiger partial charge is 0.456 e. The summed E-state index contributed by atoms with van der Waals surface area (Å²) in [6, 6.07) is -0.842. The van der Waals surface area contributed by atoms with Crippen LogP contribution >= 0.6 is 7.82 Å². The van der Waals surface area contributed by atoms with E-state index < -0.39 is 20.0 Å². The molecule has 0 rings (SSSR count). The first-order chi connectivity index (χ1) is 36.4. The molecule has 0 fully saturated rings.